The number of aromatic nitrogens is 1. The van der Waals surface area contributed by atoms with Crippen LogP contribution in [0.3, 0.4) is 0 Å². The van der Waals surface area contributed by atoms with E-state index < -0.39 is 17.6 Å². The summed E-state index contributed by atoms with van der Waals surface area (Å²) < 4.78 is 5.39. The predicted octanol–water partition coefficient (Wildman–Crippen LogP) is 3.27. The van der Waals surface area contributed by atoms with Gasteiger partial charge in [-0.2, -0.15) is 0 Å². The van der Waals surface area contributed by atoms with Crippen molar-refractivity contribution in [3.8, 4) is 0 Å². The first-order valence-corrected chi connectivity index (χ1v) is 9.74. The van der Waals surface area contributed by atoms with E-state index in [1.807, 2.05) is 18.2 Å². The number of aryl methyl sites for hydroxylation is 1. The first-order chi connectivity index (χ1) is 14.0. The molecule has 148 valence electrons. The van der Waals surface area contributed by atoms with Crippen molar-refractivity contribution >= 4 is 22.8 Å². The zero-order chi connectivity index (χ0) is 20.4. The lowest BCUT2D eigenvalue weighted by atomic mass is 9.87. The number of pyridine rings is 1. The van der Waals surface area contributed by atoms with Gasteiger partial charge in [0.1, 0.15) is 0 Å². The van der Waals surface area contributed by atoms with Gasteiger partial charge in [-0.05, 0) is 43.4 Å². The Balaban J connectivity index is 1.49. The molecule has 2 N–H and O–H groups in total. The first-order valence-electron chi connectivity index (χ1n) is 9.74. The van der Waals surface area contributed by atoms with Gasteiger partial charge in [-0.25, -0.2) is 4.79 Å². The smallest absolute Gasteiger partial charge is 0.339 e. The van der Waals surface area contributed by atoms with E-state index in [4.69, 9.17) is 4.74 Å². The highest BCUT2D eigenvalue weighted by molar-refractivity contribution is 6.03. The van der Waals surface area contributed by atoms with E-state index in [1.165, 1.54) is 18.6 Å². The van der Waals surface area contributed by atoms with Gasteiger partial charge in [0.05, 0.1) is 11.6 Å². The summed E-state index contributed by atoms with van der Waals surface area (Å²) in [5.74, 6) is -1.05. The molecule has 1 aliphatic rings. The number of rotatable bonds is 4. The molecule has 2 aromatic carbocycles. The number of aromatic amines is 1. The van der Waals surface area contributed by atoms with E-state index >= 15 is 0 Å². The molecule has 29 heavy (non-hydrogen) atoms. The van der Waals surface area contributed by atoms with Crippen LogP contribution in [0.1, 0.15) is 47.3 Å². The lowest BCUT2D eigenvalue weighted by Gasteiger charge is -2.27. The van der Waals surface area contributed by atoms with E-state index in [9.17, 15) is 14.4 Å². The monoisotopic (exact) mass is 390 g/mol. The number of H-pyrrole nitrogens is 1. The van der Waals surface area contributed by atoms with Gasteiger partial charge in [-0.1, -0.05) is 42.5 Å². The maximum atomic E-state index is 12.7. The molecule has 2 atom stereocenters. The minimum atomic E-state index is -0.977. The van der Waals surface area contributed by atoms with Gasteiger partial charge in [-0.15, -0.1) is 0 Å². The molecule has 0 aliphatic heterocycles. The van der Waals surface area contributed by atoms with Crippen LogP contribution >= 0.6 is 0 Å². The molecule has 0 fully saturated rings. The predicted molar refractivity (Wildman–Crippen MR) is 110 cm³/mol. The second-order valence-corrected chi connectivity index (χ2v) is 7.29. The van der Waals surface area contributed by atoms with Crippen molar-refractivity contribution in [1.29, 1.82) is 0 Å². The summed E-state index contributed by atoms with van der Waals surface area (Å²) in [6.45, 7) is 1.54. The second kappa shape index (κ2) is 7.91. The van der Waals surface area contributed by atoms with E-state index in [1.54, 1.807) is 24.3 Å². The third-order valence-electron chi connectivity index (χ3n) is 5.31. The topological polar surface area (TPSA) is 88.3 Å². The molecule has 0 spiro atoms. The summed E-state index contributed by atoms with van der Waals surface area (Å²) in [4.78, 5) is 39.9. The highest BCUT2D eigenvalue weighted by atomic mass is 16.5. The number of nitrogens with one attached hydrogen (secondary N) is 2. The third-order valence-corrected chi connectivity index (χ3v) is 5.31. The maximum Gasteiger partial charge on any atom is 0.339 e. The average Bonchev–Trinajstić information content (AvgIpc) is 2.73. The van der Waals surface area contributed by atoms with Crippen LogP contribution in [0.15, 0.2) is 59.4 Å². The molecule has 6 nitrogen and oxygen atoms in total. The van der Waals surface area contributed by atoms with Crippen molar-refractivity contribution in [1.82, 2.24) is 10.3 Å². The van der Waals surface area contributed by atoms with Crippen LogP contribution in [0.2, 0.25) is 0 Å². The molecule has 1 amide bonds. The average molecular weight is 390 g/mol. The molecule has 1 aromatic heterocycles. The number of carbonyl (C=O) groups is 2. The van der Waals surface area contributed by atoms with Crippen molar-refractivity contribution in [3.63, 3.8) is 0 Å². The second-order valence-electron chi connectivity index (χ2n) is 7.29. The zero-order valence-corrected chi connectivity index (χ0v) is 16.1. The summed E-state index contributed by atoms with van der Waals surface area (Å²) in [5.41, 5.74) is 2.65. The Hall–Kier alpha value is -3.41. The molecule has 3 aromatic rings. The van der Waals surface area contributed by atoms with Crippen LogP contribution < -0.4 is 10.9 Å². The lowest BCUT2D eigenvalue weighted by molar-refractivity contribution is -0.130. The minimum Gasteiger partial charge on any atom is -0.449 e. The fourth-order valence-corrected chi connectivity index (χ4v) is 3.84. The standard InChI is InChI=1S/C23H22N2O4/c1-14(22(27)25-19-12-6-8-15-7-2-3-9-16(15)19)29-23(28)18-13-21(26)24-20-11-5-4-10-17(18)20/h2-5,7,9-11,13-14,19H,6,8,12H2,1H3,(H,24,26)(H,25,27)/t14-,19+/m0/s1. The number of esters is 1. The number of hydrogen-bond acceptors (Lipinski definition) is 4. The molecule has 1 heterocycles. The SMILES string of the molecule is C[C@H](OC(=O)c1cc(=O)[nH]c2ccccc12)C(=O)N[C@@H]1CCCc2ccccc21. The van der Waals surface area contributed by atoms with Gasteiger partial charge in [-0.3, -0.25) is 9.59 Å². The Kier molecular flexibility index (Phi) is 5.16. The number of benzene rings is 2. The van der Waals surface area contributed by atoms with Gasteiger partial charge in [0.25, 0.3) is 5.91 Å². The Morgan fingerprint density at radius 1 is 1.14 bits per heavy atom. The molecular formula is C23H22N2O4. The number of fused-ring (bicyclic) bond motifs is 2. The van der Waals surface area contributed by atoms with E-state index in [2.05, 4.69) is 16.4 Å². The van der Waals surface area contributed by atoms with Crippen LogP contribution in [0.5, 0.6) is 0 Å². The van der Waals surface area contributed by atoms with E-state index in [0.29, 0.717) is 10.9 Å². The summed E-state index contributed by atoms with van der Waals surface area (Å²) in [6.07, 6.45) is 1.87. The van der Waals surface area contributed by atoms with Crippen LogP contribution in [-0.2, 0) is 16.0 Å². The Labute approximate surface area is 167 Å². The molecule has 0 bridgehead atoms. The fourth-order valence-electron chi connectivity index (χ4n) is 3.84. The highest BCUT2D eigenvalue weighted by Crippen LogP contribution is 2.29. The molecule has 0 radical (unpaired) electrons. The minimum absolute atomic E-state index is 0.0889. The van der Waals surface area contributed by atoms with Crippen LogP contribution in [0.25, 0.3) is 10.9 Å². The molecule has 0 saturated carbocycles. The van der Waals surface area contributed by atoms with Crippen LogP contribution in [-0.4, -0.2) is 23.0 Å². The first kappa shape index (κ1) is 18.9. The fraction of sp³-hybridized carbons (Fsp3) is 0.261. The van der Waals surface area contributed by atoms with Crippen molar-refractivity contribution in [2.24, 2.45) is 0 Å². The van der Waals surface area contributed by atoms with Gasteiger partial charge in [0.15, 0.2) is 6.10 Å². The number of hydrogen-bond donors (Lipinski definition) is 2. The Morgan fingerprint density at radius 3 is 2.76 bits per heavy atom. The van der Waals surface area contributed by atoms with Crippen LogP contribution in [0, 0.1) is 0 Å². The van der Waals surface area contributed by atoms with Gasteiger partial charge >= 0.3 is 5.97 Å². The van der Waals surface area contributed by atoms with E-state index in [0.717, 1.165) is 24.8 Å². The van der Waals surface area contributed by atoms with Gasteiger partial charge in [0.2, 0.25) is 5.56 Å². The number of ether oxygens (including phenoxy) is 1. The van der Waals surface area contributed by atoms with E-state index in [-0.39, 0.29) is 17.5 Å². The summed E-state index contributed by atoms with van der Waals surface area (Å²) in [6, 6.07) is 16.2. The van der Waals surface area contributed by atoms with Gasteiger partial charge < -0.3 is 15.0 Å². The normalized spacial score (nSPS) is 16.7. The molecule has 0 saturated heterocycles. The Bertz CT molecular complexity index is 1130. The zero-order valence-electron chi connectivity index (χ0n) is 16.1. The third kappa shape index (κ3) is 3.92. The van der Waals surface area contributed by atoms with Gasteiger partial charge in [0, 0.05) is 17.0 Å². The highest BCUT2D eigenvalue weighted by Gasteiger charge is 2.26. The quantitative estimate of drug-likeness (QED) is 0.669. The molecular weight excluding hydrogens is 368 g/mol. The van der Waals surface area contributed by atoms with Crippen molar-refractivity contribution in [2.45, 2.75) is 38.3 Å². The summed E-state index contributed by atoms with van der Waals surface area (Å²) in [5, 5.41) is 3.57. The lowest BCUT2D eigenvalue weighted by Crippen LogP contribution is -2.39. The Morgan fingerprint density at radius 2 is 1.90 bits per heavy atom. The summed E-state index contributed by atoms with van der Waals surface area (Å²) in [7, 11) is 0. The van der Waals surface area contributed by atoms with Crippen molar-refractivity contribution in [2.75, 3.05) is 0 Å². The molecule has 4 rings (SSSR count). The number of amides is 1. The largest absolute Gasteiger partial charge is 0.449 e. The summed E-state index contributed by atoms with van der Waals surface area (Å²) >= 11 is 0. The molecule has 1 aliphatic carbocycles. The molecule has 0 unspecified atom stereocenters. The van der Waals surface area contributed by atoms with Crippen molar-refractivity contribution < 1.29 is 14.3 Å². The van der Waals surface area contributed by atoms with Crippen LogP contribution in [0.4, 0.5) is 0 Å². The molecule has 6 heteroatoms. The number of carbonyl (C=O) groups excluding carboxylic acids is 2. The maximum absolute atomic E-state index is 12.7. The number of para-hydroxylation sites is 1. The van der Waals surface area contributed by atoms with Crippen molar-refractivity contribution in [3.05, 3.63) is 81.6 Å².